The molecule has 0 spiro atoms. The van der Waals surface area contributed by atoms with Crippen molar-refractivity contribution in [3.05, 3.63) is 52.1 Å². The fourth-order valence-corrected chi connectivity index (χ4v) is 2.75. The van der Waals surface area contributed by atoms with E-state index in [9.17, 15) is 14.0 Å². The average Bonchev–Trinajstić information content (AvgIpc) is 3.09. The van der Waals surface area contributed by atoms with Crippen LogP contribution in [0.1, 0.15) is 30.8 Å². The topological polar surface area (TPSA) is 113 Å². The van der Waals surface area contributed by atoms with Gasteiger partial charge in [-0.15, -0.1) is 0 Å². The molecule has 3 rings (SSSR count). The molecule has 0 fully saturated rings. The van der Waals surface area contributed by atoms with Crippen molar-refractivity contribution in [2.75, 3.05) is 0 Å². The van der Waals surface area contributed by atoms with E-state index in [0.717, 1.165) is 0 Å². The minimum atomic E-state index is -1.24. The first-order valence-electron chi connectivity index (χ1n) is 7.64. The second-order valence-electron chi connectivity index (χ2n) is 5.57. The lowest BCUT2D eigenvalue weighted by Crippen LogP contribution is -2.33. The van der Waals surface area contributed by atoms with Gasteiger partial charge in [0.05, 0.1) is 23.4 Å². The maximum Gasteiger partial charge on any atom is 0.405 e. The standard InChI is InChI=1S/C16H16FN5O3/c1-3-11(20-16(24)25)14-21-13-8(2)4-5-10(17)12(13)15(23)22(14)9-6-18-19-7-9/h4-7,11,20H,3H2,1-2H3,(H,18,19)(H,24,25). The molecule has 9 heteroatoms. The maximum atomic E-state index is 14.3. The Balaban J connectivity index is 2.42. The van der Waals surface area contributed by atoms with Gasteiger partial charge >= 0.3 is 6.09 Å². The molecule has 0 aliphatic rings. The first-order chi connectivity index (χ1) is 11.9. The Kier molecular flexibility index (Phi) is 4.22. The van der Waals surface area contributed by atoms with Crippen molar-refractivity contribution >= 4 is 17.0 Å². The van der Waals surface area contributed by atoms with E-state index in [0.29, 0.717) is 17.7 Å². The number of benzene rings is 1. The second kappa shape index (κ2) is 6.34. The summed E-state index contributed by atoms with van der Waals surface area (Å²) < 4.78 is 15.5. The van der Waals surface area contributed by atoms with Crippen LogP contribution in [-0.2, 0) is 0 Å². The second-order valence-corrected chi connectivity index (χ2v) is 5.57. The van der Waals surface area contributed by atoms with E-state index in [-0.39, 0.29) is 16.7 Å². The summed E-state index contributed by atoms with van der Waals surface area (Å²) in [7, 11) is 0. The van der Waals surface area contributed by atoms with E-state index >= 15 is 0 Å². The molecule has 3 aromatic rings. The lowest BCUT2D eigenvalue weighted by molar-refractivity contribution is 0.188. The van der Waals surface area contributed by atoms with Crippen LogP contribution in [0, 0.1) is 12.7 Å². The van der Waals surface area contributed by atoms with Gasteiger partial charge in [0.25, 0.3) is 5.56 Å². The molecule has 3 N–H and O–H groups in total. The van der Waals surface area contributed by atoms with Crippen LogP contribution in [0.5, 0.6) is 0 Å². The van der Waals surface area contributed by atoms with Gasteiger partial charge in [0.15, 0.2) is 0 Å². The number of hydrogen-bond donors (Lipinski definition) is 3. The summed E-state index contributed by atoms with van der Waals surface area (Å²) in [6.07, 6.45) is 1.96. The van der Waals surface area contributed by atoms with Crippen molar-refractivity contribution in [2.24, 2.45) is 0 Å². The number of nitrogens with one attached hydrogen (secondary N) is 2. The molecule has 1 atom stereocenters. The van der Waals surface area contributed by atoms with Crippen molar-refractivity contribution in [1.29, 1.82) is 0 Å². The van der Waals surface area contributed by atoms with Gasteiger partial charge in [-0.25, -0.2) is 14.2 Å². The Bertz CT molecular complexity index is 997. The number of H-pyrrole nitrogens is 1. The fourth-order valence-electron chi connectivity index (χ4n) is 2.75. The molecular weight excluding hydrogens is 329 g/mol. The molecule has 0 aliphatic heterocycles. The summed E-state index contributed by atoms with van der Waals surface area (Å²) in [6.45, 7) is 3.47. The smallest absolute Gasteiger partial charge is 0.405 e. The molecular formula is C16H16FN5O3. The minimum absolute atomic E-state index is 0.143. The van der Waals surface area contributed by atoms with Gasteiger partial charge in [0, 0.05) is 6.20 Å². The molecule has 1 aromatic carbocycles. The fraction of sp³-hybridized carbons (Fsp3) is 0.250. The summed E-state index contributed by atoms with van der Waals surface area (Å²) in [6, 6.07) is 2.00. The Morgan fingerprint density at radius 3 is 2.84 bits per heavy atom. The van der Waals surface area contributed by atoms with Crippen LogP contribution in [0.15, 0.2) is 29.3 Å². The van der Waals surface area contributed by atoms with Crippen LogP contribution < -0.4 is 10.9 Å². The molecule has 25 heavy (non-hydrogen) atoms. The molecule has 0 bridgehead atoms. The maximum absolute atomic E-state index is 14.3. The van der Waals surface area contributed by atoms with Gasteiger partial charge < -0.3 is 10.4 Å². The van der Waals surface area contributed by atoms with E-state index in [2.05, 4.69) is 20.5 Å². The third kappa shape index (κ3) is 2.84. The number of amides is 1. The van der Waals surface area contributed by atoms with Gasteiger partial charge in [-0.05, 0) is 25.0 Å². The average molecular weight is 345 g/mol. The number of carbonyl (C=O) groups is 1. The zero-order valence-electron chi connectivity index (χ0n) is 13.6. The number of nitrogens with zero attached hydrogens (tertiary/aromatic N) is 3. The van der Waals surface area contributed by atoms with Gasteiger partial charge in [0.1, 0.15) is 17.0 Å². The molecule has 8 nitrogen and oxygen atoms in total. The molecule has 0 saturated carbocycles. The molecule has 0 radical (unpaired) electrons. The number of aromatic amines is 1. The van der Waals surface area contributed by atoms with E-state index in [1.807, 2.05) is 0 Å². The largest absolute Gasteiger partial charge is 0.465 e. The van der Waals surface area contributed by atoms with Gasteiger partial charge in [0.2, 0.25) is 0 Å². The van der Waals surface area contributed by atoms with Crippen molar-refractivity contribution in [3.8, 4) is 5.69 Å². The number of carboxylic acid groups (broad SMARTS) is 1. The van der Waals surface area contributed by atoms with Crippen LogP contribution in [0.25, 0.3) is 16.6 Å². The number of hydrogen-bond acceptors (Lipinski definition) is 4. The predicted octanol–water partition coefficient (Wildman–Crippen LogP) is 2.28. The lowest BCUT2D eigenvalue weighted by atomic mass is 10.1. The van der Waals surface area contributed by atoms with Crippen LogP contribution in [0.2, 0.25) is 0 Å². The number of aromatic nitrogens is 4. The van der Waals surface area contributed by atoms with Crippen molar-refractivity contribution in [3.63, 3.8) is 0 Å². The Labute approximate surface area is 141 Å². The molecule has 130 valence electrons. The first kappa shape index (κ1) is 16.6. The summed E-state index contributed by atoms with van der Waals surface area (Å²) in [4.78, 5) is 28.5. The molecule has 2 aromatic heterocycles. The number of fused-ring (bicyclic) bond motifs is 1. The van der Waals surface area contributed by atoms with Crippen LogP contribution in [0.3, 0.4) is 0 Å². The number of halogens is 1. The van der Waals surface area contributed by atoms with E-state index in [1.54, 1.807) is 13.8 Å². The summed E-state index contributed by atoms with van der Waals surface area (Å²) in [5.74, 6) is -0.501. The Morgan fingerprint density at radius 1 is 1.48 bits per heavy atom. The predicted molar refractivity (Wildman–Crippen MR) is 88.4 cm³/mol. The summed E-state index contributed by atoms with van der Waals surface area (Å²) >= 11 is 0. The highest BCUT2D eigenvalue weighted by atomic mass is 19.1. The Morgan fingerprint density at radius 2 is 2.24 bits per heavy atom. The van der Waals surface area contributed by atoms with Crippen LogP contribution in [0.4, 0.5) is 9.18 Å². The van der Waals surface area contributed by atoms with Crippen LogP contribution >= 0.6 is 0 Å². The number of rotatable bonds is 4. The highest BCUT2D eigenvalue weighted by Gasteiger charge is 2.23. The number of aryl methyl sites for hydroxylation is 1. The van der Waals surface area contributed by atoms with E-state index < -0.39 is 23.5 Å². The van der Waals surface area contributed by atoms with E-state index in [4.69, 9.17) is 5.11 Å². The van der Waals surface area contributed by atoms with E-state index in [1.165, 1.54) is 29.1 Å². The van der Waals surface area contributed by atoms with Crippen molar-refractivity contribution in [2.45, 2.75) is 26.3 Å². The first-order valence-corrected chi connectivity index (χ1v) is 7.64. The molecule has 0 saturated heterocycles. The zero-order valence-corrected chi connectivity index (χ0v) is 13.6. The monoisotopic (exact) mass is 345 g/mol. The Hall–Kier alpha value is -3.23. The van der Waals surface area contributed by atoms with Crippen molar-refractivity contribution < 1.29 is 14.3 Å². The SMILES string of the molecule is CCC(NC(=O)O)c1nc2c(C)ccc(F)c2c(=O)n1-c1cn[nH]c1. The van der Waals surface area contributed by atoms with Crippen LogP contribution in [-0.4, -0.2) is 30.9 Å². The van der Waals surface area contributed by atoms with Gasteiger partial charge in [-0.2, -0.15) is 5.10 Å². The summed E-state index contributed by atoms with van der Waals surface area (Å²) in [5, 5.41) is 17.7. The third-order valence-corrected chi connectivity index (χ3v) is 3.96. The lowest BCUT2D eigenvalue weighted by Gasteiger charge is -2.20. The molecule has 1 unspecified atom stereocenters. The van der Waals surface area contributed by atoms with Crippen molar-refractivity contribution in [1.82, 2.24) is 25.1 Å². The van der Waals surface area contributed by atoms with Gasteiger partial charge in [-0.1, -0.05) is 13.0 Å². The normalized spacial score (nSPS) is 12.3. The zero-order chi connectivity index (χ0) is 18.1. The highest BCUT2D eigenvalue weighted by molar-refractivity contribution is 5.82. The molecule has 0 aliphatic carbocycles. The third-order valence-electron chi connectivity index (χ3n) is 3.96. The highest BCUT2D eigenvalue weighted by Crippen LogP contribution is 2.23. The van der Waals surface area contributed by atoms with Gasteiger partial charge in [-0.3, -0.25) is 14.5 Å². The minimum Gasteiger partial charge on any atom is -0.465 e. The molecule has 1 amide bonds. The quantitative estimate of drug-likeness (QED) is 0.671. The summed E-state index contributed by atoms with van der Waals surface area (Å²) in [5.41, 5.74) is 0.568. The molecule has 2 heterocycles.